The van der Waals surface area contributed by atoms with Crippen molar-refractivity contribution in [2.24, 2.45) is 5.92 Å². The number of hydrogen-bond donors (Lipinski definition) is 1. The van der Waals surface area contributed by atoms with Crippen LogP contribution in [0.5, 0.6) is 0 Å². The van der Waals surface area contributed by atoms with Crippen LogP contribution in [0, 0.1) is 5.92 Å². The molecule has 1 saturated heterocycles. The normalized spacial score (nSPS) is 23.6. The summed E-state index contributed by atoms with van der Waals surface area (Å²) >= 11 is 5.66. The Balaban J connectivity index is 1.87. The molecule has 0 aromatic carbocycles. The first-order valence-electron chi connectivity index (χ1n) is 5.68. The van der Waals surface area contributed by atoms with Gasteiger partial charge < -0.3 is 10.1 Å². The lowest BCUT2D eigenvalue weighted by atomic mass is 10.0. The average molecular weight is 255 g/mol. The summed E-state index contributed by atoms with van der Waals surface area (Å²) in [4.78, 5) is 15.7. The van der Waals surface area contributed by atoms with Crippen molar-refractivity contribution in [3.8, 4) is 0 Å². The Hall–Kier alpha value is -1.13. The second-order valence-corrected chi connectivity index (χ2v) is 4.59. The van der Waals surface area contributed by atoms with Crippen LogP contribution < -0.4 is 5.32 Å². The molecule has 2 rings (SSSR count). The van der Waals surface area contributed by atoms with Crippen molar-refractivity contribution in [2.75, 3.05) is 13.2 Å². The molecule has 1 aliphatic heterocycles. The Morgan fingerprint density at radius 1 is 1.65 bits per heavy atom. The third-order valence-corrected chi connectivity index (χ3v) is 3.27. The molecule has 0 aliphatic carbocycles. The highest BCUT2D eigenvalue weighted by Gasteiger charge is 2.24. The van der Waals surface area contributed by atoms with E-state index in [4.69, 9.17) is 16.3 Å². The van der Waals surface area contributed by atoms with Crippen LogP contribution in [-0.4, -0.2) is 30.1 Å². The van der Waals surface area contributed by atoms with Crippen LogP contribution in [0.1, 0.15) is 23.7 Å². The molecular weight excluding hydrogens is 240 g/mol. The molecule has 2 heterocycles. The number of amides is 1. The minimum absolute atomic E-state index is 0.117. The molecule has 17 heavy (non-hydrogen) atoms. The van der Waals surface area contributed by atoms with Gasteiger partial charge in [0.1, 0.15) is 5.15 Å². The highest BCUT2D eigenvalue weighted by Crippen LogP contribution is 2.19. The molecule has 1 aliphatic rings. The number of nitrogens with one attached hydrogen (secondary N) is 1. The maximum Gasteiger partial charge on any atom is 0.252 e. The predicted molar refractivity (Wildman–Crippen MR) is 65.1 cm³/mol. The lowest BCUT2D eigenvalue weighted by Crippen LogP contribution is -2.31. The summed E-state index contributed by atoms with van der Waals surface area (Å²) in [5, 5.41) is 3.28. The lowest BCUT2D eigenvalue weighted by Gasteiger charge is -2.14. The smallest absolute Gasteiger partial charge is 0.252 e. The van der Waals surface area contributed by atoms with Gasteiger partial charge in [0.15, 0.2) is 0 Å². The quantitative estimate of drug-likeness (QED) is 0.838. The fourth-order valence-electron chi connectivity index (χ4n) is 1.88. The van der Waals surface area contributed by atoms with Crippen molar-refractivity contribution >= 4 is 17.5 Å². The maximum atomic E-state index is 11.8. The van der Waals surface area contributed by atoms with E-state index in [2.05, 4.69) is 10.3 Å². The molecule has 2 unspecified atom stereocenters. The zero-order valence-electron chi connectivity index (χ0n) is 9.65. The van der Waals surface area contributed by atoms with Crippen molar-refractivity contribution in [1.29, 1.82) is 0 Å². The van der Waals surface area contributed by atoms with Gasteiger partial charge in [-0.25, -0.2) is 4.98 Å². The van der Waals surface area contributed by atoms with Crippen molar-refractivity contribution in [3.05, 3.63) is 29.0 Å². The van der Waals surface area contributed by atoms with Gasteiger partial charge in [0.25, 0.3) is 5.91 Å². The van der Waals surface area contributed by atoms with Crippen LogP contribution in [0.25, 0.3) is 0 Å². The first-order chi connectivity index (χ1) is 8.16. The summed E-state index contributed by atoms with van der Waals surface area (Å²) in [6, 6.07) is 3.27. The number of rotatable bonds is 3. The first-order valence-corrected chi connectivity index (χ1v) is 6.06. The molecule has 4 nitrogen and oxygen atoms in total. The van der Waals surface area contributed by atoms with E-state index in [-0.39, 0.29) is 12.0 Å². The average Bonchev–Trinajstić information content (AvgIpc) is 2.73. The molecule has 1 N–H and O–H groups in total. The van der Waals surface area contributed by atoms with E-state index in [0.717, 1.165) is 13.0 Å². The molecule has 0 saturated carbocycles. The van der Waals surface area contributed by atoms with E-state index < -0.39 is 0 Å². The number of halogens is 1. The second kappa shape index (κ2) is 5.47. The van der Waals surface area contributed by atoms with E-state index in [1.807, 2.05) is 6.92 Å². The molecule has 1 fully saturated rings. The van der Waals surface area contributed by atoms with Crippen LogP contribution in [0.4, 0.5) is 0 Å². The second-order valence-electron chi connectivity index (χ2n) is 4.20. The minimum atomic E-state index is -0.117. The zero-order valence-corrected chi connectivity index (χ0v) is 10.4. The molecular formula is C12H15ClN2O2. The van der Waals surface area contributed by atoms with E-state index in [0.29, 0.717) is 23.2 Å². The third-order valence-electron chi connectivity index (χ3n) is 3.05. The first kappa shape index (κ1) is 12.3. The van der Waals surface area contributed by atoms with Gasteiger partial charge in [-0.1, -0.05) is 11.6 Å². The Morgan fingerprint density at radius 2 is 2.47 bits per heavy atom. The Bertz CT molecular complexity index is 394. The van der Waals surface area contributed by atoms with Gasteiger partial charge in [0.2, 0.25) is 0 Å². The summed E-state index contributed by atoms with van der Waals surface area (Å²) in [5.74, 6) is 0.285. The van der Waals surface area contributed by atoms with Gasteiger partial charge >= 0.3 is 0 Å². The third kappa shape index (κ3) is 3.17. The molecule has 0 radical (unpaired) electrons. The fourth-order valence-corrected chi connectivity index (χ4v) is 1.99. The monoisotopic (exact) mass is 254 g/mol. The minimum Gasteiger partial charge on any atom is -0.378 e. The number of ether oxygens (including phenoxy) is 1. The molecule has 0 bridgehead atoms. The molecule has 92 valence electrons. The topological polar surface area (TPSA) is 51.2 Å². The fraction of sp³-hybridized carbons (Fsp3) is 0.500. The van der Waals surface area contributed by atoms with Crippen LogP contribution >= 0.6 is 11.6 Å². The lowest BCUT2D eigenvalue weighted by molar-refractivity contribution is 0.0907. The van der Waals surface area contributed by atoms with Gasteiger partial charge in [-0.15, -0.1) is 0 Å². The number of carbonyl (C=O) groups is 1. The molecule has 1 aromatic heterocycles. The summed E-state index contributed by atoms with van der Waals surface area (Å²) in [7, 11) is 0. The molecule has 1 aromatic rings. The maximum absolute atomic E-state index is 11.8. The number of aromatic nitrogens is 1. The Morgan fingerprint density at radius 3 is 3.06 bits per heavy atom. The number of pyridine rings is 1. The van der Waals surface area contributed by atoms with Gasteiger partial charge in [-0.3, -0.25) is 4.79 Å². The summed E-state index contributed by atoms with van der Waals surface area (Å²) in [6.07, 6.45) is 2.70. The SMILES string of the molecule is CC1OCCC1CNC(=O)c1ccc(Cl)nc1. The number of nitrogens with zero attached hydrogens (tertiary/aromatic N) is 1. The Labute approximate surface area is 105 Å². The molecule has 1 amide bonds. The van der Waals surface area contributed by atoms with E-state index in [1.54, 1.807) is 12.1 Å². The highest BCUT2D eigenvalue weighted by molar-refractivity contribution is 6.29. The van der Waals surface area contributed by atoms with Crippen LogP contribution in [-0.2, 0) is 4.74 Å². The van der Waals surface area contributed by atoms with E-state index >= 15 is 0 Å². The predicted octanol–water partition coefficient (Wildman–Crippen LogP) is 1.89. The highest BCUT2D eigenvalue weighted by atomic mass is 35.5. The van der Waals surface area contributed by atoms with Gasteiger partial charge in [0.05, 0.1) is 11.7 Å². The number of hydrogen-bond acceptors (Lipinski definition) is 3. The largest absolute Gasteiger partial charge is 0.378 e. The number of carbonyl (C=O) groups excluding carboxylic acids is 1. The van der Waals surface area contributed by atoms with Crippen LogP contribution in [0.2, 0.25) is 5.15 Å². The Kier molecular flexibility index (Phi) is 3.97. The van der Waals surface area contributed by atoms with Crippen molar-refractivity contribution in [3.63, 3.8) is 0 Å². The molecule has 2 atom stereocenters. The van der Waals surface area contributed by atoms with Gasteiger partial charge in [0, 0.05) is 25.3 Å². The van der Waals surface area contributed by atoms with Crippen LogP contribution in [0.3, 0.4) is 0 Å². The van der Waals surface area contributed by atoms with Crippen LogP contribution in [0.15, 0.2) is 18.3 Å². The summed E-state index contributed by atoms with van der Waals surface area (Å²) in [5.41, 5.74) is 0.529. The van der Waals surface area contributed by atoms with Crippen molar-refractivity contribution in [1.82, 2.24) is 10.3 Å². The van der Waals surface area contributed by atoms with E-state index in [9.17, 15) is 4.79 Å². The zero-order chi connectivity index (χ0) is 12.3. The van der Waals surface area contributed by atoms with E-state index in [1.165, 1.54) is 6.20 Å². The summed E-state index contributed by atoms with van der Waals surface area (Å²) < 4.78 is 5.44. The molecule has 0 spiro atoms. The van der Waals surface area contributed by atoms with Crippen molar-refractivity contribution < 1.29 is 9.53 Å². The van der Waals surface area contributed by atoms with Gasteiger partial charge in [-0.2, -0.15) is 0 Å². The standard InChI is InChI=1S/C12H15ClN2O2/c1-8-9(4-5-17-8)6-15-12(16)10-2-3-11(13)14-7-10/h2-3,7-9H,4-6H2,1H3,(H,15,16). The molecule has 5 heteroatoms. The summed E-state index contributed by atoms with van der Waals surface area (Å²) in [6.45, 7) is 3.46. The van der Waals surface area contributed by atoms with Crippen molar-refractivity contribution in [2.45, 2.75) is 19.4 Å². The van der Waals surface area contributed by atoms with Gasteiger partial charge in [-0.05, 0) is 25.5 Å².